The summed E-state index contributed by atoms with van der Waals surface area (Å²) < 4.78 is 0. The van der Waals surface area contributed by atoms with E-state index in [2.05, 4.69) is 9.97 Å². The quantitative estimate of drug-likeness (QED) is 0.355. The highest BCUT2D eigenvalue weighted by Crippen LogP contribution is 2.32. The van der Waals surface area contributed by atoms with Gasteiger partial charge < -0.3 is 9.80 Å². The average molecular weight is 378 g/mol. The van der Waals surface area contributed by atoms with E-state index < -0.39 is 0 Å². The van der Waals surface area contributed by atoms with Gasteiger partial charge in [0.2, 0.25) is 11.5 Å². The number of ketones is 1. The molecule has 0 radical (unpaired) electrons. The summed E-state index contributed by atoms with van der Waals surface area (Å²) >= 11 is 0. The molecule has 144 valence electrons. The second kappa shape index (κ2) is 8.39. The van der Waals surface area contributed by atoms with Gasteiger partial charge in [-0.25, -0.2) is 9.97 Å². The minimum atomic E-state index is -0.177. The maximum absolute atomic E-state index is 13.0. The van der Waals surface area contributed by atoms with Gasteiger partial charge in [0.1, 0.15) is 0 Å². The minimum absolute atomic E-state index is 0.177. The molecule has 3 rings (SSSR count). The van der Waals surface area contributed by atoms with Crippen LogP contribution in [0.1, 0.15) is 15.9 Å². The molecule has 7 heteroatoms. The fourth-order valence-corrected chi connectivity index (χ4v) is 2.63. The first-order valence-corrected chi connectivity index (χ1v) is 8.72. The molecule has 2 heterocycles. The summed E-state index contributed by atoms with van der Waals surface area (Å²) in [5, 5.41) is 0. The second-order valence-corrected chi connectivity index (χ2v) is 6.49. The Morgan fingerprint density at radius 3 is 2.14 bits per heavy atom. The highest BCUT2D eigenvalue weighted by Gasteiger charge is 2.22. The number of pyridine rings is 2. The van der Waals surface area contributed by atoms with E-state index >= 15 is 0 Å². The van der Waals surface area contributed by atoms with Gasteiger partial charge in [0.25, 0.3) is 0 Å². The first-order chi connectivity index (χ1) is 13.5. The molecule has 0 amide bonds. The summed E-state index contributed by atoms with van der Waals surface area (Å²) in [4.78, 5) is 36.4. The molecule has 28 heavy (non-hydrogen) atoms. The predicted octanol–water partition coefficient (Wildman–Crippen LogP) is 3.21. The number of anilines is 2. The topological polar surface area (TPSA) is 67.8 Å². The molecule has 0 unspecified atom stereocenters. The Labute approximate surface area is 164 Å². The van der Waals surface area contributed by atoms with Crippen molar-refractivity contribution in [2.24, 2.45) is 0 Å². The van der Waals surface area contributed by atoms with Crippen molar-refractivity contribution in [3.8, 4) is 11.5 Å². The van der Waals surface area contributed by atoms with Crippen molar-refractivity contribution in [2.75, 3.05) is 38.0 Å². The van der Waals surface area contributed by atoms with Gasteiger partial charge >= 0.3 is 0 Å². The van der Waals surface area contributed by atoms with Gasteiger partial charge in [-0.1, -0.05) is 30.3 Å². The maximum atomic E-state index is 13.0. The molecule has 1 aromatic carbocycles. The van der Waals surface area contributed by atoms with Crippen LogP contribution in [0.3, 0.4) is 0 Å². The first-order valence-electron chi connectivity index (χ1n) is 8.72. The molecule has 2 aromatic heterocycles. The van der Waals surface area contributed by atoms with Crippen LogP contribution in [-0.2, 0) is 0 Å². The van der Waals surface area contributed by atoms with Gasteiger partial charge in [0.05, 0.1) is 5.56 Å². The fraction of sp³-hybridized carbons (Fsp3) is 0.190. The third-order valence-electron chi connectivity index (χ3n) is 3.98. The van der Waals surface area contributed by atoms with Gasteiger partial charge in [-0.2, -0.15) is 0 Å². The highest BCUT2D eigenvalue weighted by atomic mass is 17.2. The van der Waals surface area contributed by atoms with Crippen LogP contribution in [0, 0.1) is 0 Å². The summed E-state index contributed by atoms with van der Waals surface area (Å²) in [6.07, 6.45) is 3.25. The van der Waals surface area contributed by atoms with Crippen LogP contribution in [0.4, 0.5) is 11.6 Å². The summed E-state index contributed by atoms with van der Waals surface area (Å²) in [7, 11) is 7.35. The van der Waals surface area contributed by atoms with Gasteiger partial charge in [0, 0.05) is 46.1 Å². The van der Waals surface area contributed by atoms with E-state index in [0.29, 0.717) is 28.5 Å². The van der Waals surface area contributed by atoms with Crippen molar-refractivity contribution in [1.82, 2.24) is 9.97 Å². The van der Waals surface area contributed by atoms with Gasteiger partial charge in [-0.05, 0) is 18.2 Å². The fourth-order valence-electron chi connectivity index (χ4n) is 2.63. The van der Waals surface area contributed by atoms with E-state index in [9.17, 15) is 4.79 Å². The number of hydrogen-bond acceptors (Lipinski definition) is 7. The SMILES string of the molecule is CN(C)c1ncccc1OOc1c(C(=O)c2ccccc2)ccnc1N(C)C. The van der Waals surface area contributed by atoms with Gasteiger partial charge in [0.15, 0.2) is 17.4 Å². The summed E-state index contributed by atoms with van der Waals surface area (Å²) in [6.45, 7) is 0. The zero-order valence-corrected chi connectivity index (χ0v) is 16.3. The number of hydrogen-bond donors (Lipinski definition) is 0. The Kier molecular flexibility index (Phi) is 5.74. The molecule has 0 fully saturated rings. The first kappa shape index (κ1) is 19.2. The van der Waals surface area contributed by atoms with Crippen molar-refractivity contribution in [3.63, 3.8) is 0 Å². The Hall–Kier alpha value is -3.61. The third kappa shape index (κ3) is 4.03. The Morgan fingerprint density at radius 2 is 1.46 bits per heavy atom. The molecule has 0 N–H and O–H groups in total. The van der Waals surface area contributed by atoms with Gasteiger partial charge in [-0.15, -0.1) is 0 Å². The van der Waals surface area contributed by atoms with E-state index in [0.717, 1.165) is 0 Å². The number of aromatic nitrogens is 2. The molecule has 0 aliphatic heterocycles. The molecule has 0 spiro atoms. The van der Waals surface area contributed by atoms with Crippen LogP contribution in [0.25, 0.3) is 0 Å². The highest BCUT2D eigenvalue weighted by molar-refractivity contribution is 6.11. The predicted molar refractivity (Wildman–Crippen MR) is 108 cm³/mol. The maximum Gasteiger partial charge on any atom is 0.232 e. The molecule has 0 bridgehead atoms. The van der Waals surface area contributed by atoms with Gasteiger partial charge in [-0.3, -0.25) is 14.6 Å². The van der Waals surface area contributed by atoms with Crippen molar-refractivity contribution < 1.29 is 14.6 Å². The van der Waals surface area contributed by atoms with E-state index in [1.165, 1.54) is 0 Å². The lowest BCUT2D eigenvalue weighted by atomic mass is 10.0. The molecule has 3 aromatic rings. The largest absolute Gasteiger partial charge is 0.359 e. The zero-order valence-electron chi connectivity index (χ0n) is 16.3. The van der Waals surface area contributed by atoms with Crippen LogP contribution in [0.2, 0.25) is 0 Å². The standard InChI is InChI=1S/C21H22N4O3/c1-24(2)20-17(11-8-13-22-20)27-28-19-16(12-14-23-21(19)25(3)4)18(26)15-9-6-5-7-10-15/h5-14H,1-4H3. The van der Waals surface area contributed by atoms with Crippen LogP contribution in [0.15, 0.2) is 60.9 Å². The molecule has 0 atom stereocenters. The Morgan fingerprint density at radius 1 is 0.786 bits per heavy atom. The molecule has 0 aliphatic rings. The molecular weight excluding hydrogens is 356 g/mol. The molecule has 0 aliphatic carbocycles. The lowest BCUT2D eigenvalue weighted by Crippen LogP contribution is -2.18. The Bertz CT molecular complexity index is 959. The second-order valence-electron chi connectivity index (χ2n) is 6.49. The van der Waals surface area contributed by atoms with Crippen LogP contribution >= 0.6 is 0 Å². The van der Waals surface area contributed by atoms with Crippen LogP contribution in [0.5, 0.6) is 11.5 Å². The summed E-state index contributed by atoms with van der Waals surface area (Å²) in [5.74, 6) is 1.59. The number of rotatable bonds is 7. The number of carbonyl (C=O) groups is 1. The van der Waals surface area contributed by atoms with Crippen LogP contribution in [-0.4, -0.2) is 43.9 Å². The molecule has 0 saturated carbocycles. The smallest absolute Gasteiger partial charge is 0.232 e. The normalized spacial score (nSPS) is 10.3. The van der Waals surface area contributed by atoms with Crippen LogP contribution < -0.4 is 19.6 Å². The number of nitrogens with zero attached hydrogens (tertiary/aromatic N) is 4. The minimum Gasteiger partial charge on any atom is -0.359 e. The number of benzene rings is 1. The average Bonchev–Trinajstić information content (AvgIpc) is 2.72. The lowest BCUT2D eigenvalue weighted by Gasteiger charge is -2.19. The number of carbonyl (C=O) groups excluding carboxylic acids is 1. The molecular formula is C21H22N4O3. The van der Waals surface area contributed by atoms with E-state index in [1.54, 1.807) is 47.6 Å². The van der Waals surface area contributed by atoms with Crippen molar-refractivity contribution in [1.29, 1.82) is 0 Å². The van der Waals surface area contributed by atoms with Crippen molar-refractivity contribution in [3.05, 3.63) is 72.1 Å². The van der Waals surface area contributed by atoms with E-state index in [-0.39, 0.29) is 11.5 Å². The summed E-state index contributed by atoms with van der Waals surface area (Å²) in [6, 6.07) is 14.1. The third-order valence-corrected chi connectivity index (χ3v) is 3.98. The van der Waals surface area contributed by atoms with Crippen molar-refractivity contribution >= 4 is 17.4 Å². The molecule has 0 saturated heterocycles. The summed E-state index contributed by atoms with van der Waals surface area (Å²) in [5.41, 5.74) is 0.916. The lowest BCUT2D eigenvalue weighted by molar-refractivity contribution is -0.0996. The molecule has 7 nitrogen and oxygen atoms in total. The zero-order chi connectivity index (χ0) is 20.1. The van der Waals surface area contributed by atoms with Crippen molar-refractivity contribution in [2.45, 2.75) is 0 Å². The van der Waals surface area contributed by atoms with E-state index in [1.807, 2.05) is 51.3 Å². The Balaban J connectivity index is 1.99. The van der Waals surface area contributed by atoms with E-state index in [4.69, 9.17) is 9.78 Å². The monoisotopic (exact) mass is 378 g/mol.